The fourth-order valence-corrected chi connectivity index (χ4v) is 2.37. The molecule has 0 aliphatic carbocycles. The molecule has 1 amide bonds. The maximum atomic E-state index is 12.0. The van der Waals surface area contributed by atoms with Gasteiger partial charge in [-0.05, 0) is 49.6 Å². The zero-order valence-corrected chi connectivity index (χ0v) is 15.4. The van der Waals surface area contributed by atoms with Crippen molar-refractivity contribution in [1.82, 2.24) is 5.32 Å². The summed E-state index contributed by atoms with van der Waals surface area (Å²) >= 11 is 0. The van der Waals surface area contributed by atoms with Crippen molar-refractivity contribution >= 4 is 11.9 Å². The van der Waals surface area contributed by atoms with E-state index in [0.29, 0.717) is 17.9 Å². The Bertz CT molecular complexity index is 711. The van der Waals surface area contributed by atoms with Crippen molar-refractivity contribution in [1.29, 1.82) is 0 Å². The lowest BCUT2D eigenvalue weighted by atomic mass is 10.0. The topological polar surface area (TPSA) is 64.6 Å². The minimum atomic E-state index is -0.535. The summed E-state index contributed by atoms with van der Waals surface area (Å²) in [6.07, 6.45) is 0.0646. The molecule has 0 fully saturated rings. The van der Waals surface area contributed by atoms with E-state index in [9.17, 15) is 9.59 Å². The van der Waals surface area contributed by atoms with Crippen LogP contribution in [0.3, 0.4) is 0 Å². The van der Waals surface area contributed by atoms with Gasteiger partial charge in [0.1, 0.15) is 5.75 Å². The second kappa shape index (κ2) is 9.61. The van der Waals surface area contributed by atoms with Gasteiger partial charge in [0.25, 0.3) is 5.91 Å². The van der Waals surface area contributed by atoms with Gasteiger partial charge in [-0.2, -0.15) is 0 Å². The van der Waals surface area contributed by atoms with E-state index in [0.717, 1.165) is 5.56 Å². The van der Waals surface area contributed by atoms with Crippen molar-refractivity contribution < 1.29 is 19.1 Å². The molecule has 0 aliphatic rings. The van der Waals surface area contributed by atoms with Gasteiger partial charge in [-0.3, -0.25) is 4.79 Å². The normalized spacial score (nSPS) is 11.7. The molecule has 0 bridgehead atoms. The number of benzene rings is 2. The molecule has 0 aromatic heterocycles. The van der Waals surface area contributed by atoms with Crippen molar-refractivity contribution in [2.24, 2.45) is 0 Å². The summed E-state index contributed by atoms with van der Waals surface area (Å²) in [4.78, 5) is 23.9. The molecule has 0 aliphatic heterocycles. The SMILES string of the molecule is CC(C)Oc1ccc(C(=O)OCC(=O)NC[C@@H](C)c2ccccc2)cc1. The molecular formula is C21H25NO4. The van der Waals surface area contributed by atoms with Gasteiger partial charge < -0.3 is 14.8 Å². The van der Waals surface area contributed by atoms with Gasteiger partial charge in [0.2, 0.25) is 0 Å². The van der Waals surface area contributed by atoms with Crippen LogP contribution in [0.2, 0.25) is 0 Å². The maximum absolute atomic E-state index is 12.0. The lowest BCUT2D eigenvalue weighted by Gasteiger charge is -2.13. The van der Waals surface area contributed by atoms with Gasteiger partial charge in [0.05, 0.1) is 11.7 Å². The highest BCUT2D eigenvalue weighted by Crippen LogP contribution is 2.15. The molecule has 1 atom stereocenters. The highest BCUT2D eigenvalue weighted by Gasteiger charge is 2.12. The average molecular weight is 355 g/mol. The summed E-state index contributed by atoms with van der Waals surface area (Å²) in [7, 11) is 0. The Labute approximate surface area is 154 Å². The van der Waals surface area contributed by atoms with Crippen LogP contribution < -0.4 is 10.1 Å². The molecule has 5 heteroatoms. The standard InChI is InChI=1S/C21H25NO4/c1-15(2)26-19-11-9-18(10-12-19)21(24)25-14-20(23)22-13-16(3)17-7-5-4-6-8-17/h4-12,15-16H,13-14H2,1-3H3,(H,22,23)/t16-/m1/s1. The van der Waals surface area contributed by atoms with E-state index in [1.807, 2.05) is 51.1 Å². The first-order valence-electron chi connectivity index (χ1n) is 8.71. The summed E-state index contributed by atoms with van der Waals surface area (Å²) in [6, 6.07) is 16.6. The van der Waals surface area contributed by atoms with Crippen molar-refractivity contribution in [2.75, 3.05) is 13.2 Å². The number of hydrogen-bond donors (Lipinski definition) is 1. The first-order valence-corrected chi connectivity index (χ1v) is 8.71. The highest BCUT2D eigenvalue weighted by atomic mass is 16.5. The Kier molecular flexibility index (Phi) is 7.21. The molecule has 0 saturated carbocycles. The lowest BCUT2D eigenvalue weighted by molar-refractivity contribution is -0.124. The van der Waals surface area contributed by atoms with Crippen LogP contribution in [0, 0.1) is 0 Å². The van der Waals surface area contributed by atoms with Gasteiger partial charge in [0, 0.05) is 6.54 Å². The van der Waals surface area contributed by atoms with Crippen molar-refractivity contribution in [2.45, 2.75) is 32.8 Å². The zero-order chi connectivity index (χ0) is 18.9. The molecule has 1 N–H and O–H groups in total. The second-order valence-electron chi connectivity index (χ2n) is 6.38. The molecule has 0 heterocycles. The third-order valence-corrected chi connectivity index (χ3v) is 3.77. The Morgan fingerprint density at radius 1 is 0.962 bits per heavy atom. The van der Waals surface area contributed by atoms with Crippen LogP contribution in [0.5, 0.6) is 5.75 Å². The minimum absolute atomic E-state index is 0.0646. The monoisotopic (exact) mass is 355 g/mol. The third kappa shape index (κ3) is 6.24. The summed E-state index contributed by atoms with van der Waals surface area (Å²) in [5, 5.41) is 2.78. The van der Waals surface area contributed by atoms with Crippen molar-refractivity contribution in [3.05, 3.63) is 65.7 Å². The van der Waals surface area contributed by atoms with Gasteiger partial charge in [-0.15, -0.1) is 0 Å². The van der Waals surface area contributed by atoms with Crippen LogP contribution in [-0.2, 0) is 9.53 Å². The van der Waals surface area contributed by atoms with E-state index in [1.165, 1.54) is 0 Å². The zero-order valence-electron chi connectivity index (χ0n) is 15.4. The first kappa shape index (κ1) is 19.5. The molecule has 5 nitrogen and oxygen atoms in total. The van der Waals surface area contributed by atoms with Crippen LogP contribution >= 0.6 is 0 Å². The predicted octanol–water partition coefficient (Wildman–Crippen LogP) is 3.55. The molecule has 138 valence electrons. The number of carbonyl (C=O) groups excluding carboxylic acids is 2. The number of ether oxygens (including phenoxy) is 2. The van der Waals surface area contributed by atoms with Crippen molar-refractivity contribution in [3.8, 4) is 5.75 Å². The van der Waals surface area contributed by atoms with E-state index < -0.39 is 5.97 Å². The Hall–Kier alpha value is -2.82. The second-order valence-corrected chi connectivity index (χ2v) is 6.38. The Morgan fingerprint density at radius 2 is 1.62 bits per heavy atom. The number of carbonyl (C=O) groups is 2. The minimum Gasteiger partial charge on any atom is -0.491 e. The quantitative estimate of drug-likeness (QED) is 0.736. The van der Waals surface area contributed by atoms with E-state index in [4.69, 9.17) is 9.47 Å². The van der Waals surface area contributed by atoms with E-state index >= 15 is 0 Å². The van der Waals surface area contributed by atoms with Crippen LogP contribution in [0.15, 0.2) is 54.6 Å². The van der Waals surface area contributed by atoms with Gasteiger partial charge in [-0.25, -0.2) is 4.79 Å². The Balaban J connectivity index is 1.75. The molecule has 0 spiro atoms. The third-order valence-electron chi connectivity index (χ3n) is 3.77. The Morgan fingerprint density at radius 3 is 2.23 bits per heavy atom. The summed E-state index contributed by atoms with van der Waals surface area (Å²) in [5.41, 5.74) is 1.53. The predicted molar refractivity (Wildman–Crippen MR) is 100 cm³/mol. The number of rotatable bonds is 8. The summed E-state index contributed by atoms with van der Waals surface area (Å²) in [6.45, 7) is 6.08. The molecule has 0 saturated heterocycles. The smallest absolute Gasteiger partial charge is 0.338 e. The number of amides is 1. The van der Waals surface area contributed by atoms with Crippen LogP contribution in [0.25, 0.3) is 0 Å². The van der Waals surface area contributed by atoms with Crippen LogP contribution in [0.1, 0.15) is 42.6 Å². The molecule has 0 radical (unpaired) electrons. The van der Waals surface area contributed by atoms with Crippen LogP contribution in [-0.4, -0.2) is 31.1 Å². The molecule has 0 unspecified atom stereocenters. The first-order chi connectivity index (χ1) is 12.5. The molecule has 26 heavy (non-hydrogen) atoms. The largest absolute Gasteiger partial charge is 0.491 e. The number of hydrogen-bond acceptors (Lipinski definition) is 4. The number of nitrogens with one attached hydrogen (secondary N) is 1. The van der Waals surface area contributed by atoms with E-state index in [-0.39, 0.29) is 24.5 Å². The van der Waals surface area contributed by atoms with Gasteiger partial charge >= 0.3 is 5.97 Å². The van der Waals surface area contributed by atoms with E-state index in [2.05, 4.69) is 5.32 Å². The van der Waals surface area contributed by atoms with E-state index in [1.54, 1.807) is 24.3 Å². The molecule has 2 aromatic rings. The van der Waals surface area contributed by atoms with Crippen LogP contribution in [0.4, 0.5) is 0 Å². The molecule has 2 aromatic carbocycles. The lowest BCUT2D eigenvalue weighted by Crippen LogP contribution is -2.31. The van der Waals surface area contributed by atoms with Crippen molar-refractivity contribution in [3.63, 3.8) is 0 Å². The number of esters is 1. The van der Waals surface area contributed by atoms with Gasteiger partial charge in [0.15, 0.2) is 6.61 Å². The summed E-state index contributed by atoms with van der Waals surface area (Å²) < 4.78 is 10.6. The maximum Gasteiger partial charge on any atom is 0.338 e. The fraction of sp³-hybridized carbons (Fsp3) is 0.333. The fourth-order valence-electron chi connectivity index (χ4n) is 2.37. The highest BCUT2D eigenvalue weighted by molar-refractivity contribution is 5.91. The average Bonchev–Trinajstić information content (AvgIpc) is 2.65. The summed E-state index contributed by atoms with van der Waals surface area (Å²) in [5.74, 6) is 0.0155. The molecule has 2 rings (SSSR count). The van der Waals surface area contributed by atoms with Gasteiger partial charge in [-0.1, -0.05) is 37.3 Å². The molecular weight excluding hydrogens is 330 g/mol.